The topological polar surface area (TPSA) is 86.7 Å². The summed E-state index contributed by atoms with van der Waals surface area (Å²) in [6.45, 7) is 23.0. The molecule has 0 aromatic heterocycles. The molecule has 50 heavy (non-hydrogen) atoms. The van der Waals surface area contributed by atoms with E-state index in [2.05, 4.69) is 27.7 Å². The molecule has 6 nitrogen and oxygen atoms in total. The van der Waals surface area contributed by atoms with Crippen LogP contribution in [-0.4, -0.2) is 35.7 Å². The van der Waals surface area contributed by atoms with Gasteiger partial charge in [-0.15, -0.1) is 0 Å². The number of rotatable bonds is 14. The maximum Gasteiger partial charge on any atom is 0.302 e. The number of ketones is 2. The van der Waals surface area contributed by atoms with E-state index in [4.69, 9.17) is 9.47 Å². The summed E-state index contributed by atoms with van der Waals surface area (Å²) in [5.74, 6) is -0.502. The van der Waals surface area contributed by atoms with E-state index in [1.165, 1.54) is 13.8 Å². The third-order valence-corrected chi connectivity index (χ3v) is 10.7. The van der Waals surface area contributed by atoms with Crippen molar-refractivity contribution >= 4 is 23.5 Å². The lowest BCUT2D eigenvalue weighted by atomic mass is 9.66. The summed E-state index contributed by atoms with van der Waals surface area (Å²) in [6, 6.07) is 0. The minimum atomic E-state index is -0.589. The lowest BCUT2D eigenvalue weighted by molar-refractivity contribution is -0.147. The van der Waals surface area contributed by atoms with Crippen molar-refractivity contribution in [2.24, 2.45) is 21.7 Å². The van der Waals surface area contributed by atoms with Crippen LogP contribution in [-0.2, 0) is 28.7 Å². The molecule has 0 unspecified atom stereocenters. The van der Waals surface area contributed by atoms with E-state index < -0.39 is 10.8 Å². The summed E-state index contributed by atoms with van der Waals surface area (Å²) < 4.78 is 10.9. The molecule has 0 spiro atoms. The molecule has 272 valence electrons. The zero-order valence-corrected chi connectivity index (χ0v) is 32.5. The van der Waals surface area contributed by atoms with Gasteiger partial charge in [-0.25, -0.2) is 0 Å². The Bertz CT molecular complexity index is 1450. The van der Waals surface area contributed by atoms with Gasteiger partial charge in [0.1, 0.15) is 12.2 Å². The van der Waals surface area contributed by atoms with Crippen LogP contribution >= 0.6 is 0 Å². The monoisotopic (exact) mass is 684 g/mol. The number of carbonyl (C=O) groups excluding carboxylic acids is 4. The molecule has 2 fully saturated rings. The summed E-state index contributed by atoms with van der Waals surface area (Å²) in [7, 11) is 0. The Kier molecular flexibility index (Phi) is 14.9. The second-order valence-corrected chi connectivity index (χ2v) is 15.9. The van der Waals surface area contributed by atoms with Crippen LogP contribution in [0.1, 0.15) is 109 Å². The van der Waals surface area contributed by atoms with E-state index in [1.807, 2.05) is 114 Å². The number of hydrogen-bond acceptors (Lipinski definition) is 6. The van der Waals surface area contributed by atoms with Crippen molar-refractivity contribution in [3.05, 3.63) is 107 Å². The van der Waals surface area contributed by atoms with Gasteiger partial charge in [0.15, 0.2) is 11.6 Å². The lowest BCUT2D eigenvalue weighted by Crippen LogP contribution is -2.36. The van der Waals surface area contributed by atoms with Gasteiger partial charge in [-0.3, -0.25) is 19.2 Å². The Balaban J connectivity index is 1.90. The number of carbonyl (C=O) groups is 4. The minimum Gasteiger partial charge on any atom is -0.463 e. The van der Waals surface area contributed by atoms with Gasteiger partial charge >= 0.3 is 11.9 Å². The second kappa shape index (κ2) is 17.7. The van der Waals surface area contributed by atoms with E-state index in [0.717, 1.165) is 22.3 Å². The van der Waals surface area contributed by atoms with Gasteiger partial charge in [0.2, 0.25) is 0 Å². The first-order valence-corrected chi connectivity index (χ1v) is 17.6. The van der Waals surface area contributed by atoms with Crippen LogP contribution in [0.5, 0.6) is 0 Å². The Morgan fingerprint density at radius 2 is 0.740 bits per heavy atom. The molecule has 0 saturated heterocycles. The quantitative estimate of drug-likeness (QED) is 0.103. The van der Waals surface area contributed by atoms with Crippen molar-refractivity contribution < 1.29 is 28.7 Å². The standard InChI is InChI=1S/C44H60O6/c1-31(19-15-21-33(3)23-25-39(47)43(11)29-37(49-35(5)45)27-41(43,7)8)17-13-14-18-32(2)20-16-22-34(4)24-26-40(48)44(12)30-38(50-36(6)46)28-42(44,9)10/h13-26,37-38H,27-30H2,1-12H3/b14-13+,19-15+,20-16+,25-23+,26-24+,31-17+,32-18+,33-21+,34-22+/t37-,38-,43+,44+/m1/s1. The van der Waals surface area contributed by atoms with Crippen molar-refractivity contribution in [2.45, 2.75) is 121 Å². The van der Waals surface area contributed by atoms with E-state index >= 15 is 0 Å². The predicted octanol–water partition coefficient (Wildman–Crippen LogP) is 10.2. The summed E-state index contributed by atoms with van der Waals surface area (Å²) in [5.41, 5.74) is 2.38. The summed E-state index contributed by atoms with van der Waals surface area (Å²) in [4.78, 5) is 49.3. The van der Waals surface area contributed by atoms with E-state index in [1.54, 1.807) is 12.2 Å². The smallest absolute Gasteiger partial charge is 0.302 e. The lowest BCUT2D eigenvalue weighted by Gasteiger charge is -2.35. The van der Waals surface area contributed by atoms with Crippen LogP contribution in [0.25, 0.3) is 0 Å². The molecule has 4 atom stereocenters. The largest absolute Gasteiger partial charge is 0.463 e. The van der Waals surface area contributed by atoms with Crippen molar-refractivity contribution in [2.75, 3.05) is 0 Å². The fourth-order valence-electron chi connectivity index (χ4n) is 6.82. The number of esters is 2. The molecule has 0 amide bonds. The highest BCUT2D eigenvalue weighted by Gasteiger charge is 2.55. The van der Waals surface area contributed by atoms with Crippen LogP contribution in [0.4, 0.5) is 0 Å². The van der Waals surface area contributed by atoms with Crippen LogP contribution in [0.15, 0.2) is 107 Å². The maximum absolute atomic E-state index is 13.2. The third kappa shape index (κ3) is 11.8. The normalized spacial score (nSPS) is 27.8. The summed E-state index contributed by atoms with van der Waals surface area (Å²) in [6.07, 6.45) is 28.9. The van der Waals surface area contributed by atoms with Crippen molar-refractivity contribution in [3.8, 4) is 0 Å². The fraction of sp³-hybridized carbons (Fsp3) is 0.500. The Morgan fingerprint density at radius 1 is 0.440 bits per heavy atom. The van der Waals surface area contributed by atoms with Crippen LogP contribution < -0.4 is 0 Å². The third-order valence-electron chi connectivity index (χ3n) is 10.7. The van der Waals surface area contributed by atoms with E-state index in [9.17, 15) is 19.2 Å². The Morgan fingerprint density at radius 3 is 1.06 bits per heavy atom. The maximum atomic E-state index is 13.2. The molecule has 6 heteroatoms. The zero-order chi connectivity index (χ0) is 37.9. The van der Waals surface area contributed by atoms with Gasteiger partial charge < -0.3 is 9.47 Å². The molecule has 0 aromatic carbocycles. The van der Waals surface area contributed by atoms with Crippen molar-refractivity contribution in [1.29, 1.82) is 0 Å². The zero-order valence-electron chi connectivity index (χ0n) is 32.5. The van der Waals surface area contributed by atoms with Gasteiger partial charge in [0.05, 0.1) is 0 Å². The molecular weight excluding hydrogens is 624 g/mol. The highest BCUT2D eigenvalue weighted by Crippen LogP contribution is 2.55. The Labute approximate surface area is 301 Å². The van der Waals surface area contributed by atoms with Crippen LogP contribution in [0.3, 0.4) is 0 Å². The molecule has 2 rings (SSSR count). The van der Waals surface area contributed by atoms with Crippen molar-refractivity contribution in [3.63, 3.8) is 0 Å². The summed E-state index contributed by atoms with van der Waals surface area (Å²) >= 11 is 0. The molecule has 0 heterocycles. The van der Waals surface area contributed by atoms with Gasteiger partial charge in [-0.2, -0.15) is 0 Å². The van der Waals surface area contributed by atoms with Gasteiger partial charge in [0.25, 0.3) is 0 Å². The Hall–Kier alpha value is -4.06. The molecule has 0 radical (unpaired) electrons. The molecule has 0 bridgehead atoms. The van der Waals surface area contributed by atoms with Gasteiger partial charge in [0, 0.05) is 24.7 Å². The fourth-order valence-corrected chi connectivity index (χ4v) is 6.82. The molecule has 2 aliphatic rings. The minimum absolute atomic E-state index is 0.0545. The van der Waals surface area contributed by atoms with Crippen LogP contribution in [0.2, 0.25) is 0 Å². The predicted molar refractivity (Wildman–Crippen MR) is 204 cm³/mol. The SMILES string of the molecule is CC(=O)O[C@@H]1CC(C)(C)[C@](C)(C(=O)/C=C/C(C)=C/C=C/C(C)=C/C=C/C=C(C)/C=C/C=C(C)/C=C/C(=O)[C@]2(C)C[C@H](OC(C)=O)CC2(C)C)C1. The highest BCUT2D eigenvalue weighted by atomic mass is 16.5. The van der Waals surface area contributed by atoms with Gasteiger partial charge in [-0.05, 0) is 76.4 Å². The molecule has 2 aliphatic carbocycles. The number of ether oxygens (including phenoxy) is 2. The molecule has 0 aromatic rings. The molecule has 0 aliphatic heterocycles. The first-order valence-electron chi connectivity index (χ1n) is 17.6. The average Bonchev–Trinajstić information content (AvgIpc) is 3.37. The first kappa shape index (κ1) is 42.1. The van der Waals surface area contributed by atoms with E-state index in [0.29, 0.717) is 25.7 Å². The molecule has 2 saturated carbocycles. The van der Waals surface area contributed by atoms with E-state index in [-0.39, 0.29) is 46.5 Å². The summed E-state index contributed by atoms with van der Waals surface area (Å²) in [5, 5.41) is 0. The van der Waals surface area contributed by atoms with Crippen molar-refractivity contribution in [1.82, 2.24) is 0 Å². The number of allylic oxidation sites excluding steroid dienone is 18. The van der Waals surface area contributed by atoms with Gasteiger partial charge in [-0.1, -0.05) is 137 Å². The average molecular weight is 685 g/mol. The highest BCUT2D eigenvalue weighted by molar-refractivity contribution is 5.96. The molecular formula is C44H60O6. The molecule has 0 N–H and O–H groups in total. The van der Waals surface area contributed by atoms with Crippen LogP contribution in [0, 0.1) is 21.7 Å². The first-order chi connectivity index (χ1) is 23.1. The second-order valence-electron chi connectivity index (χ2n) is 15.9. The number of hydrogen-bond donors (Lipinski definition) is 0.